The van der Waals surface area contributed by atoms with E-state index in [1.165, 1.54) is 23.3 Å². The monoisotopic (exact) mass is 352 g/mol. The van der Waals surface area contributed by atoms with E-state index in [0.29, 0.717) is 16.6 Å². The van der Waals surface area contributed by atoms with E-state index in [2.05, 4.69) is 5.43 Å². The number of benzene rings is 2. The first kappa shape index (κ1) is 17.2. The number of aromatic nitrogens is 1. The highest BCUT2D eigenvalue weighted by Crippen LogP contribution is 2.26. The Morgan fingerprint density at radius 2 is 1.85 bits per heavy atom. The minimum absolute atomic E-state index is 0.116. The van der Waals surface area contributed by atoms with Crippen LogP contribution < -0.4 is 10.4 Å². The molecular weight excluding hydrogens is 336 g/mol. The molecule has 8 heteroatoms. The number of nitro groups is 1. The largest absolute Gasteiger partial charge is 0.350 e. The van der Waals surface area contributed by atoms with Crippen molar-refractivity contribution in [3.63, 3.8) is 0 Å². The molecule has 1 aromatic heterocycles. The Morgan fingerprint density at radius 1 is 1.15 bits per heavy atom. The molecule has 1 heterocycles. The number of nitro benzene ring substituents is 1. The summed E-state index contributed by atoms with van der Waals surface area (Å²) >= 11 is 0. The lowest BCUT2D eigenvalue weighted by Gasteiger charge is -2.19. The Morgan fingerprint density at radius 3 is 2.50 bits per heavy atom. The number of hydrogen-bond donors (Lipinski definition) is 1. The SMILES string of the molecule is CN(NC(=O)C(=O)c1cn(C)c2ccc([N+](=O)[O-])cc12)c1ccccc1. The maximum atomic E-state index is 12.6. The minimum Gasteiger partial charge on any atom is -0.350 e. The zero-order valence-corrected chi connectivity index (χ0v) is 14.2. The summed E-state index contributed by atoms with van der Waals surface area (Å²) in [6.45, 7) is 0. The summed E-state index contributed by atoms with van der Waals surface area (Å²) in [5.41, 5.74) is 3.82. The first-order chi connectivity index (χ1) is 12.4. The van der Waals surface area contributed by atoms with Crippen LogP contribution in [-0.2, 0) is 11.8 Å². The van der Waals surface area contributed by atoms with Crippen LogP contribution in [0.5, 0.6) is 0 Å². The smallest absolute Gasteiger partial charge is 0.310 e. The Labute approximate surface area is 148 Å². The number of rotatable bonds is 5. The van der Waals surface area contributed by atoms with Gasteiger partial charge in [-0.05, 0) is 18.2 Å². The van der Waals surface area contributed by atoms with Crippen molar-refractivity contribution in [2.75, 3.05) is 12.1 Å². The predicted octanol–water partition coefficient (Wildman–Crippen LogP) is 2.44. The van der Waals surface area contributed by atoms with Gasteiger partial charge in [0, 0.05) is 43.3 Å². The van der Waals surface area contributed by atoms with Gasteiger partial charge in [-0.3, -0.25) is 30.1 Å². The molecule has 1 amide bonds. The highest BCUT2D eigenvalue weighted by Gasteiger charge is 2.23. The lowest BCUT2D eigenvalue weighted by atomic mass is 10.1. The molecule has 3 rings (SSSR count). The molecule has 0 aliphatic rings. The summed E-state index contributed by atoms with van der Waals surface area (Å²) in [6.07, 6.45) is 1.50. The summed E-state index contributed by atoms with van der Waals surface area (Å²) in [5.74, 6) is -1.59. The van der Waals surface area contributed by atoms with Crippen molar-refractivity contribution < 1.29 is 14.5 Å². The summed E-state index contributed by atoms with van der Waals surface area (Å²) < 4.78 is 1.65. The van der Waals surface area contributed by atoms with Gasteiger partial charge in [0.2, 0.25) is 0 Å². The van der Waals surface area contributed by atoms with Crippen molar-refractivity contribution in [3.05, 3.63) is 70.4 Å². The number of aryl methyl sites for hydroxylation is 1. The van der Waals surface area contributed by atoms with Gasteiger partial charge in [0.15, 0.2) is 0 Å². The molecule has 0 saturated heterocycles. The third kappa shape index (κ3) is 3.12. The van der Waals surface area contributed by atoms with Crippen LogP contribution in [0.15, 0.2) is 54.7 Å². The van der Waals surface area contributed by atoms with Crippen LogP contribution in [0.2, 0.25) is 0 Å². The molecule has 0 radical (unpaired) electrons. The van der Waals surface area contributed by atoms with Crippen LogP contribution in [-0.4, -0.2) is 28.2 Å². The average molecular weight is 352 g/mol. The zero-order valence-electron chi connectivity index (χ0n) is 14.2. The maximum absolute atomic E-state index is 12.6. The summed E-state index contributed by atoms with van der Waals surface area (Å²) in [7, 11) is 3.33. The molecule has 26 heavy (non-hydrogen) atoms. The van der Waals surface area contributed by atoms with Gasteiger partial charge in [0.1, 0.15) is 0 Å². The molecule has 132 valence electrons. The minimum atomic E-state index is -0.824. The molecule has 0 fully saturated rings. The van der Waals surface area contributed by atoms with Crippen molar-refractivity contribution in [1.82, 2.24) is 9.99 Å². The lowest BCUT2D eigenvalue weighted by molar-refractivity contribution is -0.384. The van der Waals surface area contributed by atoms with E-state index in [-0.39, 0.29) is 11.3 Å². The highest BCUT2D eigenvalue weighted by molar-refractivity contribution is 6.45. The molecule has 0 saturated carbocycles. The highest BCUT2D eigenvalue weighted by atomic mass is 16.6. The fourth-order valence-corrected chi connectivity index (χ4v) is 2.72. The first-order valence-electron chi connectivity index (χ1n) is 7.76. The number of non-ortho nitro benzene ring substituents is 1. The topological polar surface area (TPSA) is 97.5 Å². The van der Waals surface area contributed by atoms with E-state index in [1.807, 2.05) is 18.2 Å². The first-order valence-corrected chi connectivity index (χ1v) is 7.76. The van der Waals surface area contributed by atoms with E-state index in [9.17, 15) is 19.7 Å². The van der Waals surface area contributed by atoms with E-state index in [0.717, 1.165) is 0 Å². The molecule has 3 aromatic rings. The Kier molecular flexibility index (Phi) is 4.40. The van der Waals surface area contributed by atoms with Crippen LogP contribution in [0.3, 0.4) is 0 Å². The average Bonchev–Trinajstić information content (AvgIpc) is 2.97. The molecular formula is C18H16N4O4. The molecule has 0 atom stereocenters. The number of amides is 1. The third-order valence-corrected chi connectivity index (χ3v) is 4.05. The van der Waals surface area contributed by atoms with Crippen LogP contribution in [0.4, 0.5) is 11.4 Å². The van der Waals surface area contributed by atoms with Gasteiger partial charge < -0.3 is 4.57 Å². The van der Waals surface area contributed by atoms with Crippen LogP contribution in [0.25, 0.3) is 10.9 Å². The normalized spacial score (nSPS) is 10.5. The number of fused-ring (bicyclic) bond motifs is 1. The molecule has 0 spiro atoms. The van der Waals surface area contributed by atoms with Crippen LogP contribution in [0, 0.1) is 10.1 Å². The van der Waals surface area contributed by atoms with Crippen molar-refractivity contribution in [3.8, 4) is 0 Å². The van der Waals surface area contributed by atoms with Crippen molar-refractivity contribution in [1.29, 1.82) is 0 Å². The predicted molar refractivity (Wildman–Crippen MR) is 96.9 cm³/mol. The molecule has 0 bridgehead atoms. The van der Waals surface area contributed by atoms with Crippen LogP contribution >= 0.6 is 0 Å². The number of ketones is 1. The molecule has 2 aromatic carbocycles. The van der Waals surface area contributed by atoms with Gasteiger partial charge in [0.05, 0.1) is 16.2 Å². The van der Waals surface area contributed by atoms with E-state index in [4.69, 9.17) is 0 Å². The molecule has 0 aliphatic carbocycles. The Balaban J connectivity index is 1.90. The third-order valence-electron chi connectivity index (χ3n) is 4.05. The van der Waals surface area contributed by atoms with Crippen molar-refractivity contribution >= 4 is 34.0 Å². The molecule has 1 N–H and O–H groups in total. The maximum Gasteiger partial charge on any atom is 0.310 e. The number of hydrogen-bond acceptors (Lipinski definition) is 5. The van der Waals surface area contributed by atoms with E-state index < -0.39 is 16.6 Å². The number of nitrogens with zero attached hydrogens (tertiary/aromatic N) is 3. The number of Topliss-reactive ketones (excluding diaryl/α,β-unsaturated/α-hetero) is 1. The van der Waals surface area contributed by atoms with Crippen LogP contribution in [0.1, 0.15) is 10.4 Å². The number of carbonyl (C=O) groups is 2. The fraction of sp³-hybridized carbons (Fsp3) is 0.111. The number of hydrazine groups is 1. The Bertz CT molecular complexity index is 1010. The molecule has 0 unspecified atom stereocenters. The quantitative estimate of drug-likeness (QED) is 0.329. The summed E-state index contributed by atoms with van der Waals surface area (Å²) in [5, 5.41) is 12.8. The standard InChI is InChI=1S/C18H16N4O4/c1-20-11-15(14-10-13(22(25)26)8-9-16(14)20)17(23)18(24)19-21(2)12-6-4-3-5-7-12/h3-11H,1-2H3,(H,19,24). The lowest BCUT2D eigenvalue weighted by Crippen LogP contribution is -2.43. The fourth-order valence-electron chi connectivity index (χ4n) is 2.72. The number of anilines is 1. The second-order valence-electron chi connectivity index (χ2n) is 5.78. The van der Waals surface area contributed by atoms with E-state index in [1.54, 1.807) is 36.9 Å². The van der Waals surface area contributed by atoms with Gasteiger partial charge in [-0.25, -0.2) is 0 Å². The van der Waals surface area contributed by atoms with Crippen molar-refractivity contribution in [2.45, 2.75) is 0 Å². The van der Waals surface area contributed by atoms with Gasteiger partial charge in [-0.2, -0.15) is 0 Å². The number of nitrogens with one attached hydrogen (secondary N) is 1. The van der Waals surface area contributed by atoms with Gasteiger partial charge in [-0.15, -0.1) is 0 Å². The second kappa shape index (κ2) is 6.67. The van der Waals surface area contributed by atoms with Crippen molar-refractivity contribution in [2.24, 2.45) is 7.05 Å². The molecule has 0 aliphatic heterocycles. The van der Waals surface area contributed by atoms with Gasteiger partial charge in [0.25, 0.3) is 11.5 Å². The second-order valence-corrected chi connectivity index (χ2v) is 5.78. The number of para-hydroxylation sites is 1. The van der Waals surface area contributed by atoms with Gasteiger partial charge >= 0.3 is 5.91 Å². The Hall–Kier alpha value is -3.68. The summed E-state index contributed by atoms with van der Waals surface area (Å²) in [6, 6.07) is 13.2. The van der Waals surface area contributed by atoms with E-state index >= 15 is 0 Å². The van der Waals surface area contributed by atoms with Gasteiger partial charge in [-0.1, -0.05) is 18.2 Å². The molecule has 8 nitrogen and oxygen atoms in total. The number of carbonyl (C=O) groups excluding carboxylic acids is 2. The zero-order chi connectivity index (χ0) is 18.8. The summed E-state index contributed by atoms with van der Waals surface area (Å²) in [4.78, 5) is 35.4.